The van der Waals surface area contributed by atoms with Crippen LogP contribution in [0.2, 0.25) is 0 Å². The largest absolute Gasteiger partial charge is 0.454 e. The van der Waals surface area contributed by atoms with Crippen LogP contribution in [0.15, 0.2) is 24.3 Å². The molecule has 0 saturated carbocycles. The third kappa shape index (κ3) is 3.01. The Labute approximate surface area is 169 Å². The molecule has 1 aromatic carbocycles. The van der Waals surface area contributed by atoms with Crippen LogP contribution in [-0.2, 0) is 6.54 Å². The maximum atomic E-state index is 12.8. The van der Waals surface area contributed by atoms with Gasteiger partial charge in [0.1, 0.15) is 11.5 Å². The molecule has 0 bridgehead atoms. The number of ether oxygens (including phenoxy) is 2. The molecule has 1 amide bonds. The maximum absolute atomic E-state index is 12.8. The van der Waals surface area contributed by atoms with E-state index in [1.807, 2.05) is 39.0 Å². The summed E-state index contributed by atoms with van der Waals surface area (Å²) in [5.41, 5.74) is 2.86. The first-order valence-corrected chi connectivity index (χ1v) is 9.96. The van der Waals surface area contributed by atoms with Crippen molar-refractivity contribution in [1.29, 1.82) is 0 Å². The molecule has 1 aliphatic rings. The van der Waals surface area contributed by atoms with Gasteiger partial charge in [0.05, 0.1) is 21.6 Å². The van der Waals surface area contributed by atoms with E-state index in [0.29, 0.717) is 34.7 Å². The van der Waals surface area contributed by atoms with Crippen molar-refractivity contribution in [3.63, 3.8) is 0 Å². The van der Waals surface area contributed by atoms with Gasteiger partial charge in [-0.2, -0.15) is 14.9 Å². The number of carbonyl (C=O) groups is 1. The molecule has 0 aliphatic carbocycles. The molecule has 0 unspecified atom stereocenters. The van der Waals surface area contributed by atoms with Crippen LogP contribution in [-0.4, -0.2) is 37.2 Å². The second-order valence-corrected chi connectivity index (χ2v) is 7.70. The van der Waals surface area contributed by atoms with Crippen molar-refractivity contribution in [3.8, 4) is 16.6 Å². The highest BCUT2D eigenvalue weighted by molar-refractivity contribution is 7.20. The Morgan fingerprint density at radius 1 is 1.14 bits per heavy atom. The maximum Gasteiger partial charge on any atom is 0.275 e. The summed E-state index contributed by atoms with van der Waals surface area (Å²) in [4.78, 5) is 17.5. The number of nitrogens with one attached hydrogen (secondary N) is 1. The molecule has 4 heterocycles. The van der Waals surface area contributed by atoms with Gasteiger partial charge < -0.3 is 14.8 Å². The SMILES string of the molecule is CCn1nc(C)cc1C(=O)Nc1cc(C)nn1-c1nc2cc3c(cc2s1)OCO3. The molecular formula is C19H18N6O3S. The predicted molar refractivity (Wildman–Crippen MR) is 108 cm³/mol. The smallest absolute Gasteiger partial charge is 0.275 e. The monoisotopic (exact) mass is 410 g/mol. The van der Waals surface area contributed by atoms with Crippen LogP contribution in [0, 0.1) is 13.8 Å². The van der Waals surface area contributed by atoms with Gasteiger partial charge in [0.25, 0.3) is 5.91 Å². The first kappa shape index (κ1) is 17.7. The van der Waals surface area contributed by atoms with Crippen molar-refractivity contribution >= 4 is 33.3 Å². The van der Waals surface area contributed by atoms with Gasteiger partial charge in [-0.25, -0.2) is 4.98 Å². The van der Waals surface area contributed by atoms with E-state index in [2.05, 4.69) is 20.5 Å². The first-order chi connectivity index (χ1) is 14.0. The number of nitrogens with zero attached hydrogens (tertiary/aromatic N) is 5. The molecule has 148 valence electrons. The van der Waals surface area contributed by atoms with Crippen molar-refractivity contribution < 1.29 is 14.3 Å². The number of thiazole rings is 1. The van der Waals surface area contributed by atoms with E-state index in [4.69, 9.17) is 9.47 Å². The second kappa shape index (κ2) is 6.59. The molecular weight excluding hydrogens is 392 g/mol. The lowest BCUT2D eigenvalue weighted by Crippen LogP contribution is -2.19. The highest BCUT2D eigenvalue weighted by Crippen LogP contribution is 2.38. The molecule has 5 rings (SSSR count). The number of carbonyl (C=O) groups excluding carboxylic acids is 1. The molecule has 1 aliphatic heterocycles. The summed E-state index contributed by atoms with van der Waals surface area (Å²) in [6.07, 6.45) is 0. The fourth-order valence-corrected chi connectivity index (χ4v) is 4.22. The van der Waals surface area contributed by atoms with E-state index in [-0.39, 0.29) is 12.7 Å². The van der Waals surface area contributed by atoms with Gasteiger partial charge in [0.15, 0.2) is 11.5 Å². The summed E-state index contributed by atoms with van der Waals surface area (Å²) < 4.78 is 15.1. The third-order valence-electron chi connectivity index (χ3n) is 4.56. The molecule has 9 nitrogen and oxygen atoms in total. The standard InChI is InChI=1S/C19H18N6O3S/c1-4-24-13(5-10(2)22-24)18(26)21-17-6-11(3)23-25(17)19-20-12-7-14-15(28-9-27-14)8-16(12)29-19/h5-8H,4,9H2,1-3H3,(H,21,26). The van der Waals surface area contributed by atoms with Gasteiger partial charge >= 0.3 is 0 Å². The number of rotatable bonds is 4. The highest BCUT2D eigenvalue weighted by Gasteiger charge is 2.20. The number of hydrogen-bond donors (Lipinski definition) is 1. The zero-order chi connectivity index (χ0) is 20.1. The zero-order valence-corrected chi connectivity index (χ0v) is 16.9. The lowest BCUT2D eigenvalue weighted by atomic mass is 10.3. The molecule has 0 fully saturated rings. The van der Waals surface area contributed by atoms with Crippen LogP contribution in [0.25, 0.3) is 15.3 Å². The molecule has 0 saturated heterocycles. The normalized spacial score (nSPS) is 12.7. The van der Waals surface area contributed by atoms with Gasteiger partial charge in [0.2, 0.25) is 11.9 Å². The summed E-state index contributed by atoms with van der Waals surface area (Å²) in [5.74, 6) is 1.70. The minimum atomic E-state index is -0.240. The van der Waals surface area contributed by atoms with Crippen LogP contribution in [0.1, 0.15) is 28.8 Å². The summed E-state index contributed by atoms with van der Waals surface area (Å²) in [7, 11) is 0. The van der Waals surface area contributed by atoms with Crippen LogP contribution in [0.3, 0.4) is 0 Å². The Balaban J connectivity index is 1.51. The first-order valence-electron chi connectivity index (χ1n) is 9.15. The molecule has 0 atom stereocenters. The fourth-order valence-electron chi connectivity index (χ4n) is 3.28. The average Bonchev–Trinajstić information content (AvgIpc) is 3.44. The number of benzene rings is 1. The molecule has 10 heteroatoms. The van der Waals surface area contributed by atoms with E-state index >= 15 is 0 Å². The Kier molecular flexibility index (Phi) is 4.02. The topological polar surface area (TPSA) is 96.1 Å². The molecule has 29 heavy (non-hydrogen) atoms. The zero-order valence-electron chi connectivity index (χ0n) is 16.1. The second-order valence-electron chi connectivity index (χ2n) is 6.69. The van der Waals surface area contributed by atoms with Gasteiger partial charge in [0, 0.05) is 24.7 Å². The van der Waals surface area contributed by atoms with Crippen molar-refractivity contribution in [2.75, 3.05) is 12.1 Å². The van der Waals surface area contributed by atoms with Gasteiger partial charge in [-0.05, 0) is 26.8 Å². The van der Waals surface area contributed by atoms with Crippen LogP contribution >= 0.6 is 11.3 Å². The summed E-state index contributed by atoms with van der Waals surface area (Å²) in [5, 5.41) is 12.4. The Bertz CT molecular complexity index is 1210. The van der Waals surface area contributed by atoms with Crippen molar-refractivity contribution in [3.05, 3.63) is 41.3 Å². The third-order valence-corrected chi connectivity index (χ3v) is 5.55. The summed E-state index contributed by atoms with van der Waals surface area (Å²) in [6.45, 7) is 6.52. The van der Waals surface area contributed by atoms with Gasteiger partial charge in [-0.1, -0.05) is 11.3 Å². The van der Waals surface area contributed by atoms with E-state index in [0.717, 1.165) is 21.6 Å². The Morgan fingerprint density at radius 2 is 1.90 bits per heavy atom. The average molecular weight is 410 g/mol. The lowest BCUT2D eigenvalue weighted by molar-refractivity contribution is 0.101. The molecule has 4 aromatic rings. The van der Waals surface area contributed by atoms with Crippen LogP contribution < -0.4 is 14.8 Å². The fraction of sp³-hybridized carbons (Fsp3) is 0.263. The van der Waals surface area contributed by atoms with Gasteiger partial charge in [-0.3, -0.25) is 9.48 Å². The van der Waals surface area contributed by atoms with Gasteiger partial charge in [-0.15, -0.1) is 0 Å². The van der Waals surface area contributed by atoms with Crippen molar-refractivity contribution in [2.45, 2.75) is 27.3 Å². The predicted octanol–water partition coefficient (Wildman–Crippen LogP) is 3.30. The number of aryl methyl sites for hydroxylation is 3. The Hall–Kier alpha value is -3.40. The van der Waals surface area contributed by atoms with Crippen LogP contribution in [0.4, 0.5) is 5.82 Å². The van der Waals surface area contributed by atoms with Crippen LogP contribution in [0.5, 0.6) is 11.5 Å². The number of amides is 1. The molecule has 0 radical (unpaired) electrons. The minimum Gasteiger partial charge on any atom is -0.454 e. The lowest BCUT2D eigenvalue weighted by Gasteiger charge is -2.07. The van der Waals surface area contributed by atoms with E-state index in [1.54, 1.807) is 15.4 Å². The highest BCUT2D eigenvalue weighted by atomic mass is 32.1. The number of fused-ring (bicyclic) bond motifs is 2. The van der Waals surface area contributed by atoms with Crippen molar-refractivity contribution in [1.82, 2.24) is 24.5 Å². The summed E-state index contributed by atoms with van der Waals surface area (Å²) >= 11 is 1.46. The number of aromatic nitrogens is 5. The summed E-state index contributed by atoms with van der Waals surface area (Å²) in [6, 6.07) is 7.35. The molecule has 1 N–H and O–H groups in total. The minimum absolute atomic E-state index is 0.224. The number of hydrogen-bond acceptors (Lipinski definition) is 7. The number of anilines is 1. The van der Waals surface area contributed by atoms with E-state index in [9.17, 15) is 4.79 Å². The van der Waals surface area contributed by atoms with E-state index in [1.165, 1.54) is 11.3 Å². The Morgan fingerprint density at radius 3 is 2.69 bits per heavy atom. The quantitative estimate of drug-likeness (QED) is 0.555. The van der Waals surface area contributed by atoms with Crippen molar-refractivity contribution in [2.24, 2.45) is 0 Å². The molecule has 3 aromatic heterocycles. The van der Waals surface area contributed by atoms with E-state index < -0.39 is 0 Å². The molecule has 0 spiro atoms.